The molecule has 4 nitrogen and oxygen atoms in total. The van der Waals surface area contributed by atoms with Crippen molar-refractivity contribution in [3.8, 4) is 0 Å². The number of aromatic nitrogens is 1. The first-order valence-electron chi connectivity index (χ1n) is 8.27. The Labute approximate surface area is 137 Å². The van der Waals surface area contributed by atoms with Gasteiger partial charge < -0.3 is 10.2 Å². The van der Waals surface area contributed by atoms with Gasteiger partial charge in [-0.3, -0.25) is 4.79 Å². The summed E-state index contributed by atoms with van der Waals surface area (Å²) < 4.78 is 0. The molecular weight excluding hydrogens is 286 g/mol. The standard InChI is InChI=1S/C19H23N3O/c1-15-6-5-7-16(12-15)13-19(23)21-18-9-8-17(14-20-18)22-10-3-2-4-11-22/h5-9,12,14H,2-4,10-11,13H2,1H3,(H,20,21,23). The van der Waals surface area contributed by atoms with Gasteiger partial charge in [-0.25, -0.2) is 4.98 Å². The summed E-state index contributed by atoms with van der Waals surface area (Å²) in [7, 11) is 0. The van der Waals surface area contributed by atoms with Crippen molar-refractivity contribution in [2.45, 2.75) is 32.6 Å². The number of aryl methyl sites for hydroxylation is 1. The molecule has 0 spiro atoms. The molecule has 120 valence electrons. The highest BCUT2D eigenvalue weighted by molar-refractivity contribution is 5.91. The SMILES string of the molecule is Cc1cccc(CC(=O)Nc2ccc(N3CCCCC3)cn2)c1. The number of rotatable bonds is 4. The van der Waals surface area contributed by atoms with Gasteiger partial charge >= 0.3 is 0 Å². The minimum absolute atomic E-state index is 0.0335. The molecule has 2 aromatic rings. The molecule has 1 aliphatic rings. The van der Waals surface area contributed by atoms with Gasteiger partial charge in [0, 0.05) is 13.1 Å². The summed E-state index contributed by atoms with van der Waals surface area (Å²) >= 11 is 0. The van der Waals surface area contributed by atoms with Crippen molar-refractivity contribution in [3.63, 3.8) is 0 Å². The molecule has 1 aromatic carbocycles. The molecule has 2 heterocycles. The van der Waals surface area contributed by atoms with Crippen LogP contribution in [0.15, 0.2) is 42.6 Å². The van der Waals surface area contributed by atoms with Crippen LogP contribution in [-0.2, 0) is 11.2 Å². The number of carbonyl (C=O) groups excluding carboxylic acids is 1. The van der Waals surface area contributed by atoms with E-state index in [4.69, 9.17) is 0 Å². The molecule has 0 saturated carbocycles. The summed E-state index contributed by atoms with van der Waals surface area (Å²) in [6, 6.07) is 11.9. The fourth-order valence-electron chi connectivity index (χ4n) is 2.99. The summed E-state index contributed by atoms with van der Waals surface area (Å²) in [5, 5.41) is 2.87. The first-order valence-corrected chi connectivity index (χ1v) is 8.27. The maximum absolute atomic E-state index is 12.1. The number of carbonyl (C=O) groups is 1. The Bertz CT molecular complexity index is 661. The van der Waals surface area contributed by atoms with Gasteiger partial charge in [0.1, 0.15) is 5.82 Å². The Morgan fingerprint density at radius 3 is 2.70 bits per heavy atom. The Morgan fingerprint density at radius 2 is 2.00 bits per heavy atom. The first-order chi connectivity index (χ1) is 11.2. The topological polar surface area (TPSA) is 45.2 Å². The molecule has 0 bridgehead atoms. The van der Waals surface area contributed by atoms with Crippen molar-refractivity contribution in [2.24, 2.45) is 0 Å². The molecule has 3 rings (SSSR count). The highest BCUT2D eigenvalue weighted by Crippen LogP contribution is 2.20. The van der Waals surface area contributed by atoms with Crippen LogP contribution in [0.3, 0.4) is 0 Å². The first kappa shape index (κ1) is 15.5. The Balaban J connectivity index is 1.58. The van der Waals surface area contributed by atoms with Crippen LogP contribution in [0.1, 0.15) is 30.4 Å². The summed E-state index contributed by atoms with van der Waals surface area (Å²) in [5.41, 5.74) is 3.33. The van der Waals surface area contributed by atoms with Crippen molar-refractivity contribution in [2.75, 3.05) is 23.3 Å². The lowest BCUT2D eigenvalue weighted by Gasteiger charge is -2.28. The van der Waals surface area contributed by atoms with Gasteiger partial charge in [-0.1, -0.05) is 29.8 Å². The Kier molecular flexibility index (Phi) is 4.91. The van der Waals surface area contributed by atoms with Crippen molar-refractivity contribution < 1.29 is 4.79 Å². The van der Waals surface area contributed by atoms with Crippen LogP contribution in [0.4, 0.5) is 11.5 Å². The summed E-state index contributed by atoms with van der Waals surface area (Å²) in [5.74, 6) is 0.581. The Morgan fingerprint density at radius 1 is 1.17 bits per heavy atom. The van der Waals surface area contributed by atoms with Crippen molar-refractivity contribution in [1.82, 2.24) is 4.98 Å². The van der Waals surface area contributed by atoms with E-state index in [-0.39, 0.29) is 5.91 Å². The Hall–Kier alpha value is -2.36. The third kappa shape index (κ3) is 4.31. The second kappa shape index (κ2) is 7.27. The average molecular weight is 309 g/mol. The zero-order valence-corrected chi connectivity index (χ0v) is 13.6. The van der Waals surface area contributed by atoms with E-state index in [9.17, 15) is 4.79 Å². The molecule has 4 heteroatoms. The van der Waals surface area contributed by atoms with Gasteiger partial charge in [0.05, 0.1) is 18.3 Å². The molecule has 1 fully saturated rings. The second-order valence-corrected chi connectivity index (χ2v) is 6.16. The van der Waals surface area contributed by atoms with Crippen LogP contribution in [0, 0.1) is 6.92 Å². The molecule has 1 aliphatic heterocycles. The minimum Gasteiger partial charge on any atom is -0.370 e. The van der Waals surface area contributed by atoms with Crippen molar-refractivity contribution in [1.29, 1.82) is 0 Å². The lowest BCUT2D eigenvalue weighted by atomic mass is 10.1. The third-order valence-electron chi connectivity index (χ3n) is 4.18. The number of hydrogen-bond donors (Lipinski definition) is 1. The predicted molar refractivity (Wildman–Crippen MR) is 93.8 cm³/mol. The zero-order chi connectivity index (χ0) is 16.1. The van der Waals surface area contributed by atoms with Crippen molar-refractivity contribution >= 4 is 17.4 Å². The van der Waals surface area contributed by atoms with Crippen LogP contribution in [-0.4, -0.2) is 24.0 Å². The molecule has 0 aliphatic carbocycles. The predicted octanol–water partition coefficient (Wildman–Crippen LogP) is 3.56. The van der Waals surface area contributed by atoms with Crippen LogP contribution < -0.4 is 10.2 Å². The molecule has 23 heavy (non-hydrogen) atoms. The molecule has 1 N–H and O–H groups in total. The maximum Gasteiger partial charge on any atom is 0.229 e. The number of benzene rings is 1. The van der Waals surface area contributed by atoms with E-state index >= 15 is 0 Å². The average Bonchev–Trinajstić information content (AvgIpc) is 2.56. The summed E-state index contributed by atoms with van der Waals surface area (Å²) in [6.45, 7) is 4.23. The molecule has 0 radical (unpaired) electrons. The van der Waals surface area contributed by atoms with Crippen LogP contribution in [0.25, 0.3) is 0 Å². The van der Waals surface area contributed by atoms with E-state index in [0.29, 0.717) is 12.2 Å². The van der Waals surface area contributed by atoms with Gasteiger partial charge in [0.25, 0.3) is 0 Å². The fourth-order valence-corrected chi connectivity index (χ4v) is 2.99. The molecule has 1 aromatic heterocycles. The number of nitrogens with zero attached hydrogens (tertiary/aromatic N) is 2. The largest absolute Gasteiger partial charge is 0.370 e. The van der Waals surface area contributed by atoms with E-state index < -0.39 is 0 Å². The highest BCUT2D eigenvalue weighted by atomic mass is 16.1. The lowest BCUT2D eigenvalue weighted by molar-refractivity contribution is -0.115. The summed E-state index contributed by atoms with van der Waals surface area (Å²) in [6.07, 6.45) is 6.03. The number of hydrogen-bond acceptors (Lipinski definition) is 3. The highest BCUT2D eigenvalue weighted by Gasteiger charge is 2.11. The number of nitrogens with one attached hydrogen (secondary N) is 1. The number of anilines is 2. The molecule has 0 unspecified atom stereocenters. The van der Waals surface area contributed by atoms with E-state index in [1.54, 1.807) is 0 Å². The minimum atomic E-state index is -0.0335. The van der Waals surface area contributed by atoms with Crippen LogP contribution in [0.5, 0.6) is 0 Å². The number of amides is 1. The monoisotopic (exact) mass is 309 g/mol. The van der Waals surface area contributed by atoms with Crippen LogP contribution in [0.2, 0.25) is 0 Å². The molecular formula is C19H23N3O. The van der Waals surface area contributed by atoms with E-state index in [0.717, 1.165) is 24.3 Å². The van der Waals surface area contributed by atoms with Crippen LogP contribution >= 0.6 is 0 Å². The molecule has 1 saturated heterocycles. The fraction of sp³-hybridized carbons (Fsp3) is 0.368. The molecule has 1 amide bonds. The zero-order valence-electron chi connectivity index (χ0n) is 13.6. The number of piperidine rings is 1. The smallest absolute Gasteiger partial charge is 0.229 e. The van der Waals surface area contributed by atoms with Gasteiger partial charge in [0.15, 0.2) is 0 Å². The van der Waals surface area contributed by atoms with E-state index in [1.165, 1.54) is 24.8 Å². The molecule has 0 atom stereocenters. The van der Waals surface area contributed by atoms with Crippen molar-refractivity contribution in [3.05, 3.63) is 53.7 Å². The quantitative estimate of drug-likeness (QED) is 0.939. The normalized spacial score (nSPS) is 14.6. The number of pyridine rings is 1. The lowest BCUT2D eigenvalue weighted by Crippen LogP contribution is -2.29. The van der Waals surface area contributed by atoms with E-state index in [2.05, 4.69) is 15.2 Å². The second-order valence-electron chi connectivity index (χ2n) is 6.16. The maximum atomic E-state index is 12.1. The van der Waals surface area contributed by atoms with Gasteiger partial charge in [0.2, 0.25) is 5.91 Å². The van der Waals surface area contributed by atoms with E-state index in [1.807, 2.05) is 49.5 Å². The van der Waals surface area contributed by atoms with Gasteiger partial charge in [-0.05, 0) is 43.9 Å². The summed E-state index contributed by atoms with van der Waals surface area (Å²) in [4.78, 5) is 18.9. The van der Waals surface area contributed by atoms with Gasteiger partial charge in [-0.15, -0.1) is 0 Å². The third-order valence-corrected chi connectivity index (χ3v) is 4.18. The van der Waals surface area contributed by atoms with Gasteiger partial charge in [-0.2, -0.15) is 0 Å².